The van der Waals surface area contributed by atoms with Gasteiger partial charge in [0.2, 0.25) is 0 Å². The average Bonchev–Trinajstić information content (AvgIpc) is 2.32. The maximum Gasteiger partial charge on any atom is 0.124 e. The first-order valence-corrected chi connectivity index (χ1v) is 5.90. The highest BCUT2D eigenvalue weighted by Gasteiger charge is 2.06. The minimum atomic E-state index is 0.236. The number of phenolic OH excluding ortho intramolecular Hbond substituents is 1. The molecule has 0 radical (unpaired) electrons. The van der Waals surface area contributed by atoms with Crippen molar-refractivity contribution in [1.82, 2.24) is 5.01 Å². The number of morpholine rings is 1. The van der Waals surface area contributed by atoms with Gasteiger partial charge in [0.1, 0.15) is 5.75 Å². The van der Waals surface area contributed by atoms with Gasteiger partial charge in [-0.3, -0.25) is 5.01 Å². The molecule has 1 aromatic carbocycles. The molecule has 16 heavy (non-hydrogen) atoms. The number of nitrogens with zero attached hydrogens (tertiary/aromatic N) is 2. The summed E-state index contributed by atoms with van der Waals surface area (Å²) in [5, 5.41) is 15.8. The van der Waals surface area contributed by atoms with Gasteiger partial charge in [0.25, 0.3) is 0 Å². The van der Waals surface area contributed by atoms with Crippen LogP contribution in [0.25, 0.3) is 0 Å². The van der Waals surface area contributed by atoms with E-state index in [0.717, 1.165) is 17.6 Å². The molecule has 5 heteroatoms. The number of hydrazone groups is 1. The third-order valence-electron chi connectivity index (χ3n) is 2.34. The lowest BCUT2D eigenvalue weighted by molar-refractivity contribution is 0.0397. The third kappa shape index (κ3) is 2.96. The number of hydrogen-bond acceptors (Lipinski definition) is 4. The first-order valence-electron chi connectivity index (χ1n) is 5.11. The Kier molecular flexibility index (Phi) is 3.79. The monoisotopic (exact) mass is 284 g/mol. The Morgan fingerprint density at radius 1 is 1.38 bits per heavy atom. The lowest BCUT2D eigenvalue weighted by Crippen LogP contribution is -2.32. The van der Waals surface area contributed by atoms with Crippen molar-refractivity contribution in [3.05, 3.63) is 28.2 Å². The van der Waals surface area contributed by atoms with E-state index < -0.39 is 0 Å². The Bertz CT molecular complexity index is 390. The van der Waals surface area contributed by atoms with Crippen LogP contribution in [-0.2, 0) is 4.74 Å². The number of rotatable bonds is 2. The Morgan fingerprint density at radius 2 is 2.12 bits per heavy atom. The summed E-state index contributed by atoms with van der Waals surface area (Å²) in [7, 11) is 0. The number of aromatic hydroxyl groups is 1. The van der Waals surface area contributed by atoms with Crippen molar-refractivity contribution < 1.29 is 9.84 Å². The van der Waals surface area contributed by atoms with E-state index in [1.165, 1.54) is 0 Å². The number of phenols is 1. The molecule has 0 bridgehead atoms. The largest absolute Gasteiger partial charge is 0.507 e. The zero-order valence-corrected chi connectivity index (χ0v) is 10.4. The fourth-order valence-corrected chi connectivity index (χ4v) is 1.82. The number of ether oxygens (including phenoxy) is 1. The predicted molar refractivity (Wildman–Crippen MR) is 65.8 cm³/mol. The number of benzene rings is 1. The van der Waals surface area contributed by atoms with E-state index >= 15 is 0 Å². The number of hydrogen-bond donors (Lipinski definition) is 1. The van der Waals surface area contributed by atoms with Crippen LogP contribution in [0.1, 0.15) is 5.56 Å². The third-order valence-corrected chi connectivity index (χ3v) is 2.83. The van der Waals surface area contributed by atoms with Crippen molar-refractivity contribution >= 4 is 22.1 Å². The molecule has 0 amide bonds. The molecular weight excluding hydrogens is 272 g/mol. The standard InChI is InChI=1S/C11H13BrN2O2/c12-10-1-2-11(15)9(7-10)8-13-14-3-5-16-6-4-14/h1-2,7-8,15H,3-6H2/b13-8+. The van der Waals surface area contributed by atoms with Gasteiger partial charge in [-0.05, 0) is 18.2 Å². The van der Waals surface area contributed by atoms with E-state index in [2.05, 4.69) is 21.0 Å². The molecule has 1 saturated heterocycles. The van der Waals surface area contributed by atoms with Crippen LogP contribution in [0.15, 0.2) is 27.8 Å². The maximum atomic E-state index is 9.61. The molecule has 1 aromatic rings. The highest BCUT2D eigenvalue weighted by molar-refractivity contribution is 9.10. The second-order valence-electron chi connectivity index (χ2n) is 3.51. The van der Waals surface area contributed by atoms with E-state index in [0.29, 0.717) is 18.8 Å². The highest BCUT2D eigenvalue weighted by atomic mass is 79.9. The quantitative estimate of drug-likeness (QED) is 0.843. The maximum absolute atomic E-state index is 9.61. The summed E-state index contributed by atoms with van der Waals surface area (Å²) in [5.41, 5.74) is 0.709. The van der Waals surface area contributed by atoms with Crippen molar-refractivity contribution in [2.45, 2.75) is 0 Å². The van der Waals surface area contributed by atoms with Crippen LogP contribution in [0, 0.1) is 0 Å². The van der Waals surface area contributed by atoms with Crippen molar-refractivity contribution in [3.63, 3.8) is 0 Å². The molecule has 1 heterocycles. The summed E-state index contributed by atoms with van der Waals surface area (Å²) in [6.45, 7) is 3.01. The molecule has 2 rings (SSSR count). The van der Waals surface area contributed by atoms with Crippen molar-refractivity contribution in [1.29, 1.82) is 0 Å². The van der Waals surface area contributed by atoms with Crippen LogP contribution >= 0.6 is 15.9 Å². The Balaban J connectivity index is 2.07. The average molecular weight is 285 g/mol. The minimum Gasteiger partial charge on any atom is -0.507 e. The zero-order valence-electron chi connectivity index (χ0n) is 8.77. The van der Waals surface area contributed by atoms with Crippen LogP contribution in [0.4, 0.5) is 0 Å². The predicted octanol–water partition coefficient (Wildman–Crippen LogP) is 1.82. The number of halogens is 1. The highest BCUT2D eigenvalue weighted by Crippen LogP contribution is 2.20. The Morgan fingerprint density at radius 3 is 2.88 bits per heavy atom. The fraction of sp³-hybridized carbons (Fsp3) is 0.364. The van der Waals surface area contributed by atoms with E-state index in [1.54, 1.807) is 18.3 Å². The molecule has 1 N–H and O–H groups in total. The van der Waals surface area contributed by atoms with Gasteiger partial charge in [-0.15, -0.1) is 0 Å². The summed E-state index contributed by atoms with van der Waals surface area (Å²) < 4.78 is 6.15. The summed E-state index contributed by atoms with van der Waals surface area (Å²) in [5.74, 6) is 0.236. The van der Waals surface area contributed by atoms with Crippen LogP contribution in [0.5, 0.6) is 5.75 Å². The van der Waals surface area contributed by atoms with E-state index in [4.69, 9.17) is 4.74 Å². The van der Waals surface area contributed by atoms with Gasteiger partial charge in [0.05, 0.1) is 32.5 Å². The summed E-state index contributed by atoms with van der Waals surface area (Å²) in [6, 6.07) is 5.27. The summed E-state index contributed by atoms with van der Waals surface area (Å²) in [4.78, 5) is 0. The lowest BCUT2D eigenvalue weighted by Gasteiger charge is -2.23. The molecular formula is C11H13BrN2O2. The van der Waals surface area contributed by atoms with Gasteiger partial charge >= 0.3 is 0 Å². The van der Waals surface area contributed by atoms with Gasteiger partial charge in [0, 0.05) is 10.0 Å². The van der Waals surface area contributed by atoms with Gasteiger partial charge in [-0.25, -0.2) is 0 Å². The summed E-state index contributed by atoms with van der Waals surface area (Å²) in [6.07, 6.45) is 1.67. The molecule has 0 aliphatic carbocycles. The van der Waals surface area contributed by atoms with Crippen molar-refractivity contribution in [2.75, 3.05) is 26.3 Å². The van der Waals surface area contributed by atoms with E-state index in [1.807, 2.05) is 11.1 Å². The van der Waals surface area contributed by atoms with E-state index in [-0.39, 0.29) is 5.75 Å². The van der Waals surface area contributed by atoms with Crippen LogP contribution < -0.4 is 0 Å². The van der Waals surface area contributed by atoms with Crippen LogP contribution in [0.3, 0.4) is 0 Å². The van der Waals surface area contributed by atoms with Gasteiger partial charge < -0.3 is 9.84 Å². The van der Waals surface area contributed by atoms with Crippen molar-refractivity contribution in [2.24, 2.45) is 5.10 Å². The van der Waals surface area contributed by atoms with Gasteiger partial charge in [0.15, 0.2) is 0 Å². The molecule has 4 nitrogen and oxygen atoms in total. The molecule has 0 spiro atoms. The van der Waals surface area contributed by atoms with Gasteiger partial charge in [-0.1, -0.05) is 15.9 Å². The first-order chi connectivity index (χ1) is 7.75. The second kappa shape index (κ2) is 5.32. The van der Waals surface area contributed by atoms with Crippen molar-refractivity contribution in [3.8, 4) is 5.75 Å². The molecule has 1 aliphatic rings. The normalized spacial score (nSPS) is 16.9. The first kappa shape index (κ1) is 11.4. The lowest BCUT2D eigenvalue weighted by atomic mass is 10.2. The smallest absolute Gasteiger partial charge is 0.124 e. The molecule has 0 atom stereocenters. The SMILES string of the molecule is Oc1ccc(Br)cc1/C=N/N1CCOCC1. The topological polar surface area (TPSA) is 45.1 Å². The van der Waals surface area contributed by atoms with Gasteiger partial charge in [-0.2, -0.15) is 5.10 Å². The van der Waals surface area contributed by atoms with Crippen LogP contribution in [-0.4, -0.2) is 42.6 Å². The molecule has 1 fully saturated rings. The minimum absolute atomic E-state index is 0.236. The molecule has 0 saturated carbocycles. The molecule has 0 unspecified atom stereocenters. The van der Waals surface area contributed by atoms with Crippen LogP contribution in [0.2, 0.25) is 0 Å². The van der Waals surface area contributed by atoms with E-state index in [9.17, 15) is 5.11 Å². The fourth-order valence-electron chi connectivity index (χ4n) is 1.44. The molecule has 0 aromatic heterocycles. The summed E-state index contributed by atoms with van der Waals surface area (Å²) >= 11 is 3.36. The molecule has 1 aliphatic heterocycles. The Hall–Kier alpha value is -1.07. The second-order valence-corrected chi connectivity index (χ2v) is 4.43. The molecule has 86 valence electrons. The zero-order chi connectivity index (χ0) is 11.4. The Labute approximate surface area is 103 Å².